The molecule has 9 heteroatoms. The molecule has 0 spiro atoms. The van der Waals surface area contributed by atoms with Gasteiger partial charge in [-0.3, -0.25) is 19.6 Å². The summed E-state index contributed by atoms with van der Waals surface area (Å²) in [6, 6.07) is 12.3. The Morgan fingerprint density at radius 1 is 1.06 bits per heavy atom. The number of ether oxygens (including phenoxy) is 1. The molecular formula is C25H30N6O3. The molecule has 0 fully saturated rings. The first-order chi connectivity index (χ1) is 16.2. The van der Waals surface area contributed by atoms with Gasteiger partial charge in [-0.25, -0.2) is 4.99 Å². The zero-order valence-electron chi connectivity index (χ0n) is 20.3. The second-order valence-electron chi connectivity index (χ2n) is 7.98. The number of carbonyl (C=O) groups excluding carboxylic acids is 2. The Kier molecular flexibility index (Phi) is 7.68. The number of amides is 2. The number of nitrogens with one attached hydrogen (secondary N) is 3. The van der Waals surface area contributed by atoms with E-state index in [0.29, 0.717) is 29.2 Å². The highest BCUT2D eigenvalue weighted by atomic mass is 16.5. The highest BCUT2D eigenvalue weighted by Gasteiger charge is 2.14. The normalized spacial score (nSPS) is 11.2. The van der Waals surface area contributed by atoms with Gasteiger partial charge >= 0.3 is 0 Å². The molecule has 2 amide bonds. The fraction of sp³-hybridized carbons (Fsp3) is 0.280. The van der Waals surface area contributed by atoms with Crippen molar-refractivity contribution in [3.05, 3.63) is 70.5 Å². The van der Waals surface area contributed by atoms with Gasteiger partial charge in [0, 0.05) is 36.5 Å². The number of hydrogen-bond donors (Lipinski definition) is 3. The van der Waals surface area contributed by atoms with Crippen molar-refractivity contribution in [2.45, 2.75) is 34.2 Å². The van der Waals surface area contributed by atoms with Crippen LogP contribution in [0.15, 0.2) is 47.5 Å². The maximum absolute atomic E-state index is 13.0. The van der Waals surface area contributed by atoms with Gasteiger partial charge in [0.15, 0.2) is 0 Å². The summed E-state index contributed by atoms with van der Waals surface area (Å²) < 4.78 is 7.27. The van der Waals surface area contributed by atoms with Crippen LogP contribution in [-0.2, 0) is 18.4 Å². The van der Waals surface area contributed by atoms with Crippen molar-refractivity contribution in [2.75, 3.05) is 17.7 Å². The van der Waals surface area contributed by atoms with Gasteiger partial charge < -0.3 is 15.4 Å². The van der Waals surface area contributed by atoms with E-state index in [9.17, 15) is 9.59 Å². The minimum absolute atomic E-state index is 0.177. The zero-order valence-corrected chi connectivity index (χ0v) is 20.3. The Morgan fingerprint density at radius 3 is 2.35 bits per heavy atom. The Morgan fingerprint density at radius 2 is 1.76 bits per heavy atom. The minimum atomic E-state index is -0.341. The first-order valence-electron chi connectivity index (χ1n) is 10.8. The van der Waals surface area contributed by atoms with Gasteiger partial charge in [-0.2, -0.15) is 5.10 Å². The summed E-state index contributed by atoms with van der Waals surface area (Å²) >= 11 is 0. The number of methoxy groups -OCH3 is 1. The van der Waals surface area contributed by atoms with Crippen molar-refractivity contribution in [3.8, 4) is 5.75 Å². The maximum atomic E-state index is 13.0. The standard InChI is InChI=1S/C25H30N6O3/c1-15-7-12-23(34-6)22(13-15)28-25(26-14-21-16(2)30-31(5)17(21)3)29-24(33)19-8-10-20(11-9-19)27-18(4)32/h7-13H,14H2,1-6H3,(H,27,32)(H2,26,28,29,33). The van der Waals surface area contributed by atoms with E-state index in [2.05, 4.69) is 26.0 Å². The van der Waals surface area contributed by atoms with Crippen LogP contribution in [0.5, 0.6) is 5.75 Å². The number of carbonyl (C=O) groups is 2. The molecule has 9 nitrogen and oxygen atoms in total. The molecule has 3 N–H and O–H groups in total. The number of benzene rings is 2. The third-order valence-electron chi connectivity index (χ3n) is 5.36. The van der Waals surface area contributed by atoms with Crippen molar-refractivity contribution in [3.63, 3.8) is 0 Å². The average Bonchev–Trinajstić information content (AvgIpc) is 3.03. The summed E-state index contributed by atoms with van der Waals surface area (Å²) in [5.74, 6) is 0.388. The minimum Gasteiger partial charge on any atom is -0.495 e. The van der Waals surface area contributed by atoms with Gasteiger partial charge in [-0.1, -0.05) is 6.07 Å². The van der Waals surface area contributed by atoms with Gasteiger partial charge in [0.05, 0.1) is 25.0 Å². The summed E-state index contributed by atoms with van der Waals surface area (Å²) in [6.45, 7) is 7.66. The highest BCUT2D eigenvalue weighted by molar-refractivity contribution is 6.10. The number of guanidine groups is 1. The molecule has 0 saturated carbocycles. The van der Waals surface area contributed by atoms with Crippen LogP contribution in [0.1, 0.15) is 39.8 Å². The number of rotatable bonds is 6. The molecule has 0 aliphatic carbocycles. The fourth-order valence-corrected chi connectivity index (χ4v) is 3.45. The SMILES string of the molecule is COc1ccc(C)cc1NC(=NCc1c(C)nn(C)c1C)NC(=O)c1ccc(NC(C)=O)cc1. The van der Waals surface area contributed by atoms with Crippen LogP contribution in [0.2, 0.25) is 0 Å². The molecule has 0 radical (unpaired) electrons. The van der Waals surface area contributed by atoms with Crippen molar-refractivity contribution in [1.82, 2.24) is 15.1 Å². The van der Waals surface area contributed by atoms with Crippen molar-refractivity contribution in [2.24, 2.45) is 12.0 Å². The molecule has 0 unspecified atom stereocenters. The predicted octanol–water partition coefficient (Wildman–Crippen LogP) is 3.71. The van der Waals surface area contributed by atoms with E-state index < -0.39 is 0 Å². The lowest BCUT2D eigenvalue weighted by Crippen LogP contribution is -2.36. The number of nitrogens with zero attached hydrogens (tertiary/aromatic N) is 3. The zero-order chi connectivity index (χ0) is 24.8. The topological polar surface area (TPSA) is 110 Å². The van der Waals surface area contributed by atoms with Gasteiger partial charge in [0.2, 0.25) is 11.9 Å². The van der Waals surface area contributed by atoms with Crippen LogP contribution < -0.4 is 20.7 Å². The molecular weight excluding hydrogens is 432 g/mol. The first-order valence-corrected chi connectivity index (χ1v) is 10.8. The molecule has 0 bridgehead atoms. The van der Waals surface area contributed by atoms with E-state index in [4.69, 9.17) is 4.74 Å². The van der Waals surface area contributed by atoms with Crippen LogP contribution in [0.3, 0.4) is 0 Å². The largest absolute Gasteiger partial charge is 0.495 e. The van der Waals surface area contributed by atoms with E-state index in [0.717, 1.165) is 22.5 Å². The van der Waals surface area contributed by atoms with Gasteiger partial charge in [0.1, 0.15) is 5.75 Å². The molecule has 3 aromatic rings. The quantitative estimate of drug-likeness (QED) is 0.382. The summed E-state index contributed by atoms with van der Waals surface area (Å²) in [6.07, 6.45) is 0. The van der Waals surface area contributed by atoms with E-state index >= 15 is 0 Å². The van der Waals surface area contributed by atoms with Crippen LogP contribution in [0.25, 0.3) is 0 Å². The van der Waals surface area contributed by atoms with E-state index in [1.165, 1.54) is 6.92 Å². The monoisotopic (exact) mass is 462 g/mol. The molecule has 0 saturated heterocycles. The fourth-order valence-electron chi connectivity index (χ4n) is 3.45. The summed E-state index contributed by atoms with van der Waals surface area (Å²) in [4.78, 5) is 28.9. The average molecular weight is 463 g/mol. The van der Waals surface area contributed by atoms with E-state index in [1.54, 1.807) is 31.4 Å². The Balaban J connectivity index is 1.88. The maximum Gasteiger partial charge on any atom is 0.257 e. The smallest absolute Gasteiger partial charge is 0.257 e. The molecule has 1 aromatic heterocycles. The summed E-state index contributed by atoms with van der Waals surface area (Å²) in [5.41, 5.74) is 5.64. The van der Waals surface area contributed by atoms with Crippen molar-refractivity contribution < 1.29 is 14.3 Å². The molecule has 1 heterocycles. The lowest BCUT2D eigenvalue weighted by molar-refractivity contribution is -0.114. The lowest BCUT2D eigenvalue weighted by Gasteiger charge is -2.15. The molecule has 34 heavy (non-hydrogen) atoms. The first kappa shape index (κ1) is 24.5. The van der Waals surface area contributed by atoms with Crippen LogP contribution >= 0.6 is 0 Å². The second kappa shape index (κ2) is 10.7. The third-order valence-corrected chi connectivity index (χ3v) is 5.36. The Labute approximate surface area is 199 Å². The molecule has 0 aliphatic rings. The summed E-state index contributed by atoms with van der Waals surface area (Å²) in [5, 5.41) is 13.2. The van der Waals surface area contributed by atoms with Crippen LogP contribution in [0, 0.1) is 20.8 Å². The summed E-state index contributed by atoms with van der Waals surface area (Å²) in [7, 11) is 3.48. The van der Waals surface area contributed by atoms with Crippen LogP contribution in [0.4, 0.5) is 11.4 Å². The number of aromatic nitrogens is 2. The Hall–Kier alpha value is -4.14. The molecule has 0 aliphatic heterocycles. The van der Waals surface area contributed by atoms with E-state index in [-0.39, 0.29) is 17.8 Å². The Bertz CT molecular complexity index is 1230. The third kappa shape index (κ3) is 6.00. The van der Waals surface area contributed by atoms with E-state index in [1.807, 2.05) is 50.7 Å². The number of anilines is 2. The number of aryl methyl sites for hydroxylation is 3. The number of hydrogen-bond acceptors (Lipinski definition) is 5. The van der Waals surface area contributed by atoms with Crippen LogP contribution in [-0.4, -0.2) is 34.7 Å². The van der Waals surface area contributed by atoms with Crippen molar-refractivity contribution in [1.29, 1.82) is 0 Å². The molecule has 3 rings (SSSR count). The number of aliphatic imine (C=N–C) groups is 1. The lowest BCUT2D eigenvalue weighted by atomic mass is 10.2. The highest BCUT2D eigenvalue weighted by Crippen LogP contribution is 2.25. The molecule has 0 atom stereocenters. The van der Waals surface area contributed by atoms with Gasteiger partial charge in [0.25, 0.3) is 5.91 Å². The van der Waals surface area contributed by atoms with Gasteiger partial charge in [-0.15, -0.1) is 0 Å². The van der Waals surface area contributed by atoms with Gasteiger partial charge in [-0.05, 0) is 62.7 Å². The molecule has 178 valence electrons. The van der Waals surface area contributed by atoms with Crippen molar-refractivity contribution >= 4 is 29.1 Å². The molecule has 2 aromatic carbocycles. The predicted molar refractivity (Wildman–Crippen MR) is 133 cm³/mol. The second-order valence-corrected chi connectivity index (χ2v) is 7.98.